The van der Waals surface area contributed by atoms with E-state index in [1.165, 1.54) is 24.9 Å². The van der Waals surface area contributed by atoms with Crippen LogP contribution in [0.4, 0.5) is 11.4 Å². The molecular formula is C19H30N4O2. The van der Waals surface area contributed by atoms with Gasteiger partial charge in [0.15, 0.2) is 0 Å². The third-order valence-corrected chi connectivity index (χ3v) is 5.12. The molecule has 1 aromatic carbocycles. The van der Waals surface area contributed by atoms with Gasteiger partial charge in [0.05, 0.1) is 13.2 Å². The Kier molecular flexibility index (Phi) is 6.67. The molecular weight excluding hydrogens is 316 g/mol. The molecule has 2 saturated heterocycles. The molecule has 0 bridgehead atoms. The van der Waals surface area contributed by atoms with E-state index in [2.05, 4.69) is 32.1 Å². The van der Waals surface area contributed by atoms with Gasteiger partial charge in [0, 0.05) is 57.2 Å². The van der Waals surface area contributed by atoms with Crippen LogP contribution >= 0.6 is 0 Å². The third-order valence-electron chi connectivity index (χ3n) is 5.12. The second-order valence-electron chi connectivity index (χ2n) is 6.98. The first-order valence-corrected chi connectivity index (χ1v) is 9.45. The molecule has 1 aromatic rings. The number of aliphatic hydroxyl groups excluding tert-OH is 1. The van der Waals surface area contributed by atoms with Gasteiger partial charge in [-0.25, -0.2) is 0 Å². The molecule has 2 heterocycles. The SMILES string of the molecule is O=C(CN1CCN(CCO)CC1)Nc1ccc(N2CCCCC2)cc1. The summed E-state index contributed by atoms with van der Waals surface area (Å²) < 4.78 is 0. The standard InChI is InChI=1S/C19H30N4O2/c24-15-14-21-10-12-22(13-11-21)16-19(25)20-17-4-6-18(7-5-17)23-8-2-1-3-9-23/h4-7,24H,1-3,8-16H2,(H,20,25). The first-order valence-electron chi connectivity index (χ1n) is 9.45. The Hall–Kier alpha value is -1.63. The van der Waals surface area contributed by atoms with E-state index < -0.39 is 0 Å². The van der Waals surface area contributed by atoms with Crippen LogP contribution in [0.3, 0.4) is 0 Å². The van der Waals surface area contributed by atoms with E-state index >= 15 is 0 Å². The van der Waals surface area contributed by atoms with Crippen LogP contribution in [0.25, 0.3) is 0 Å². The highest BCUT2D eigenvalue weighted by molar-refractivity contribution is 5.92. The van der Waals surface area contributed by atoms with E-state index in [4.69, 9.17) is 5.11 Å². The largest absolute Gasteiger partial charge is 0.395 e. The van der Waals surface area contributed by atoms with E-state index in [-0.39, 0.29) is 12.5 Å². The van der Waals surface area contributed by atoms with Gasteiger partial charge in [0.1, 0.15) is 0 Å². The van der Waals surface area contributed by atoms with Crippen molar-refractivity contribution in [2.75, 3.05) is 69.2 Å². The van der Waals surface area contributed by atoms with E-state index in [1.807, 2.05) is 12.1 Å². The predicted octanol–water partition coefficient (Wildman–Crippen LogP) is 1.23. The maximum absolute atomic E-state index is 12.3. The second-order valence-corrected chi connectivity index (χ2v) is 6.98. The summed E-state index contributed by atoms with van der Waals surface area (Å²) in [6.45, 7) is 7.21. The average Bonchev–Trinajstić information content (AvgIpc) is 2.65. The van der Waals surface area contributed by atoms with Crippen molar-refractivity contribution in [3.8, 4) is 0 Å². The molecule has 6 nitrogen and oxygen atoms in total. The van der Waals surface area contributed by atoms with Crippen LogP contribution in [0.15, 0.2) is 24.3 Å². The number of hydrogen-bond acceptors (Lipinski definition) is 5. The number of nitrogens with one attached hydrogen (secondary N) is 1. The zero-order valence-electron chi connectivity index (χ0n) is 15.0. The minimum atomic E-state index is 0.0429. The normalized spacial score (nSPS) is 19.8. The summed E-state index contributed by atoms with van der Waals surface area (Å²) >= 11 is 0. The van der Waals surface area contributed by atoms with E-state index in [1.54, 1.807) is 0 Å². The molecule has 25 heavy (non-hydrogen) atoms. The Labute approximate surface area is 150 Å². The lowest BCUT2D eigenvalue weighted by atomic mass is 10.1. The lowest BCUT2D eigenvalue weighted by Gasteiger charge is -2.33. The summed E-state index contributed by atoms with van der Waals surface area (Å²) in [5.74, 6) is 0.0429. The van der Waals surface area contributed by atoms with Crippen molar-refractivity contribution < 1.29 is 9.90 Å². The maximum Gasteiger partial charge on any atom is 0.238 e. The molecule has 0 radical (unpaired) electrons. The molecule has 0 saturated carbocycles. The van der Waals surface area contributed by atoms with Crippen LogP contribution in [0.2, 0.25) is 0 Å². The summed E-state index contributed by atoms with van der Waals surface area (Å²) in [6, 6.07) is 8.21. The first-order chi connectivity index (χ1) is 12.2. The van der Waals surface area contributed by atoms with Gasteiger partial charge in [-0.15, -0.1) is 0 Å². The zero-order valence-corrected chi connectivity index (χ0v) is 15.0. The van der Waals surface area contributed by atoms with Crippen LogP contribution in [-0.4, -0.2) is 79.8 Å². The summed E-state index contributed by atoms with van der Waals surface area (Å²) in [5, 5.41) is 12.0. The smallest absolute Gasteiger partial charge is 0.238 e. The Bertz CT molecular complexity index is 535. The van der Waals surface area contributed by atoms with Gasteiger partial charge in [-0.3, -0.25) is 14.6 Å². The van der Waals surface area contributed by atoms with Crippen LogP contribution in [0.1, 0.15) is 19.3 Å². The van der Waals surface area contributed by atoms with Gasteiger partial charge < -0.3 is 15.3 Å². The van der Waals surface area contributed by atoms with Gasteiger partial charge in [0.25, 0.3) is 0 Å². The van der Waals surface area contributed by atoms with Gasteiger partial charge >= 0.3 is 0 Å². The highest BCUT2D eigenvalue weighted by Gasteiger charge is 2.18. The number of rotatable bonds is 6. The predicted molar refractivity (Wildman–Crippen MR) is 101 cm³/mol. The fraction of sp³-hybridized carbons (Fsp3) is 0.632. The molecule has 6 heteroatoms. The number of β-amino-alcohol motifs (C(OH)–C–C–N with tert-alkyl or cyclic N) is 1. The van der Waals surface area contributed by atoms with Crippen molar-refractivity contribution in [1.82, 2.24) is 9.80 Å². The topological polar surface area (TPSA) is 59.1 Å². The van der Waals surface area contributed by atoms with Crippen molar-refractivity contribution in [2.45, 2.75) is 19.3 Å². The molecule has 138 valence electrons. The number of carbonyl (C=O) groups excluding carboxylic acids is 1. The number of piperazine rings is 1. The highest BCUT2D eigenvalue weighted by Crippen LogP contribution is 2.21. The van der Waals surface area contributed by atoms with E-state index in [0.717, 1.165) is 51.5 Å². The van der Waals surface area contributed by atoms with Crippen molar-refractivity contribution in [3.05, 3.63) is 24.3 Å². The van der Waals surface area contributed by atoms with E-state index in [9.17, 15) is 4.79 Å². The summed E-state index contributed by atoms with van der Waals surface area (Å²) in [7, 11) is 0. The van der Waals surface area contributed by atoms with Crippen molar-refractivity contribution in [3.63, 3.8) is 0 Å². The molecule has 2 aliphatic heterocycles. The summed E-state index contributed by atoms with van der Waals surface area (Å²) in [4.78, 5) is 19.1. The van der Waals surface area contributed by atoms with Crippen molar-refractivity contribution in [1.29, 1.82) is 0 Å². The Morgan fingerprint density at radius 1 is 0.920 bits per heavy atom. The number of hydrogen-bond donors (Lipinski definition) is 2. The lowest BCUT2D eigenvalue weighted by Crippen LogP contribution is -2.49. The fourth-order valence-corrected chi connectivity index (χ4v) is 3.62. The Morgan fingerprint density at radius 3 is 2.20 bits per heavy atom. The van der Waals surface area contributed by atoms with Crippen molar-refractivity contribution >= 4 is 17.3 Å². The highest BCUT2D eigenvalue weighted by atomic mass is 16.3. The lowest BCUT2D eigenvalue weighted by molar-refractivity contribution is -0.117. The Balaban J connectivity index is 1.43. The van der Waals surface area contributed by atoms with E-state index in [0.29, 0.717) is 6.54 Å². The van der Waals surface area contributed by atoms with Gasteiger partial charge in [-0.1, -0.05) is 0 Å². The summed E-state index contributed by atoms with van der Waals surface area (Å²) in [6.07, 6.45) is 3.87. The molecule has 0 unspecified atom stereocenters. The van der Waals surface area contributed by atoms with Crippen LogP contribution in [0, 0.1) is 0 Å². The maximum atomic E-state index is 12.3. The second kappa shape index (κ2) is 9.17. The van der Waals surface area contributed by atoms with Gasteiger partial charge in [-0.2, -0.15) is 0 Å². The molecule has 1 amide bonds. The minimum absolute atomic E-state index is 0.0429. The number of anilines is 2. The molecule has 0 aliphatic carbocycles. The monoisotopic (exact) mass is 346 g/mol. The van der Waals surface area contributed by atoms with Gasteiger partial charge in [-0.05, 0) is 43.5 Å². The average molecular weight is 346 g/mol. The third kappa shape index (κ3) is 5.42. The zero-order chi connectivity index (χ0) is 17.5. The molecule has 2 fully saturated rings. The molecule has 3 rings (SSSR count). The van der Waals surface area contributed by atoms with Crippen LogP contribution < -0.4 is 10.2 Å². The van der Waals surface area contributed by atoms with Crippen LogP contribution in [-0.2, 0) is 4.79 Å². The fourth-order valence-electron chi connectivity index (χ4n) is 3.62. The molecule has 2 N–H and O–H groups in total. The summed E-state index contributed by atoms with van der Waals surface area (Å²) in [5.41, 5.74) is 2.11. The van der Waals surface area contributed by atoms with Crippen LogP contribution in [0.5, 0.6) is 0 Å². The number of amides is 1. The van der Waals surface area contributed by atoms with Crippen molar-refractivity contribution in [2.24, 2.45) is 0 Å². The quantitative estimate of drug-likeness (QED) is 0.811. The first kappa shape index (κ1) is 18.2. The number of piperidine rings is 1. The number of benzene rings is 1. The molecule has 0 spiro atoms. The molecule has 0 atom stereocenters. The minimum Gasteiger partial charge on any atom is -0.395 e. The van der Waals surface area contributed by atoms with Gasteiger partial charge in [0.2, 0.25) is 5.91 Å². The Morgan fingerprint density at radius 2 is 1.56 bits per heavy atom. The molecule has 0 aromatic heterocycles. The number of carbonyl (C=O) groups is 1. The number of nitrogens with zero attached hydrogens (tertiary/aromatic N) is 3. The molecule has 2 aliphatic rings. The number of aliphatic hydroxyl groups is 1.